The van der Waals surface area contributed by atoms with Crippen molar-refractivity contribution in [2.24, 2.45) is 0 Å². The second-order valence-electron chi connectivity index (χ2n) is 4.31. The molecule has 2 rings (SSSR count). The molecule has 0 aliphatic heterocycles. The van der Waals surface area contributed by atoms with E-state index >= 15 is 0 Å². The van der Waals surface area contributed by atoms with E-state index in [0.29, 0.717) is 0 Å². The molecule has 0 amide bonds. The van der Waals surface area contributed by atoms with Gasteiger partial charge in [-0.3, -0.25) is 4.68 Å². The Hall–Kier alpha value is -1.82. The predicted octanol–water partition coefficient (Wildman–Crippen LogP) is 1.37. The van der Waals surface area contributed by atoms with E-state index in [1.165, 1.54) is 0 Å². The fraction of sp³-hybridized carbons (Fsp3) is 0.538. The van der Waals surface area contributed by atoms with Gasteiger partial charge in [-0.05, 0) is 26.0 Å². The minimum Gasteiger partial charge on any atom is -0.307 e. The Balaban J connectivity index is 2.14. The average Bonchev–Trinajstić information content (AvgIpc) is 2.91. The summed E-state index contributed by atoms with van der Waals surface area (Å²) in [5.41, 5.74) is 0. The highest BCUT2D eigenvalue weighted by Gasteiger charge is 2.17. The van der Waals surface area contributed by atoms with Crippen molar-refractivity contribution < 1.29 is 0 Å². The number of aromatic nitrogens is 5. The molecule has 2 heterocycles. The monoisotopic (exact) mass is 260 g/mol. The lowest BCUT2D eigenvalue weighted by atomic mass is 10.1. The molecule has 0 saturated carbocycles. The van der Waals surface area contributed by atoms with E-state index < -0.39 is 0 Å². The summed E-state index contributed by atoms with van der Waals surface area (Å²) in [5, 5.41) is 7.67. The van der Waals surface area contributed by atoms with Gasteiger partial charge in [0.05, 0.1) is 6.04 Å². The van der Waals surface area contributed by atoms with Crippen LogP contribution in [-0.2, 0) is 13.0 Å². The molecule has 2 aromatic heterocycles. The third kappa shape index (κ3) is 3.57. The third-order valence-electron chi connectivity index (χ3n) is 2.92. The summed E-state index contributed by atoms with van der Waals surface area (Å²) in [6.07, 6.45) is 6.96. The van der Waals surface area contributed by atoms with Gasteiger partial charge in [0.15, 0.2) is 0 Å². The van der Waals surface area contributed by atoms with Crippen LogP contribution < -0.4 is 5.32 Å². The van der Waals surface area contributed by atoms with Crippen molar-refractivity contribution in [2.75, 3.05) is 6.54 Å². The molecule has 102 valence electrons. The molecule has 0 fully saturated rings. The molecule has 0 aliphatic rings. The van der Waals surface area contributed by atoms with Crippen LogP contribution >= 0.6 is 0 Å². The lowest BCUT2D eigenvalue weighted by molar-refractivity contribution is 0.477. The summed E-state index contributed by atoms with van der Waals surface area (Å²) >= 11 is 0. The maximum atomic E-state index is 4.34. The van der Waals surface area contributed by atoms with Gasteiger partial charge in [-0.25, -0.2) is 15.0 Å². The molecule has 0 radical (unpaired) electrons. The summed E-state index contributed by atoms with van der Waals surface area (Å²) in [4.78, 5) is 13.0. The molecule has 0 spiro atoms. The van der Waals surface area contributed by atoms with Crippen molar-refractivity contribution >= 4 is 0 Å². The first-order valence-electron chi connectivity index (χ1n) is 6.72. The standard InChI is InChI=1S/C13H20N6/c1-3-6-14-11(13-15-7-5-8-16-13)9-12-17-10-18-19(12)4-2/h5,7-8,10-11,14H,3-4,6,9H2,1-2H3. The molecule has 6 heteroatoms. The zero-order chi connectivity index (χ0) is 13.5. The van der Waals surface area contributed by atoms with Gasteiger partial charge in [0.25, 0.3) is 0 Å². The number of nitrogens with one attached hydrogen (secondary N) is 1. The second kappa shape index (κ2) is 6.94. The smallest absolute Gasteiger partial charge is 0.145 e. The molecule has 0 aliphatic carbocycles. The van der Waals surface area contributed by atoms with Crippen LogP contribution in [0.15, 0.2) is 24.8 Å². The number of nitrogens with zero attached hydrogens (tertiary/aromatic N) is 5. The fourth-order valence-corrected chi connectivity index (χ4v) is 1.96. The van der Waals surface area contributed by atoms with E-state index in [9.17, 15) is 0 Å². The van der Waals surface area contributed by atoms with E-state index in [4.69, 9.17) is 0 Å². The normalized spacial score (nSPS) is 12.5. The van der Waals surface area contributed by atoms with E-state index in [0.717, 1.165) is 37.6 Å². The van der Waals surface area contributed by atoms with E-state index in [1.54, 1.807) is 18.7 Å². The average molecular weight is 260 g/mol. The van der Waals surface area contributed by atoms with Gasteiger partial charge < -0.3 is 5.32 Å². The first-order chi connectivity index (χ1) is 9.35. The molecular weight excluding hydrogens is 240 g/mol. The quantitative estimate of drug-likeness (QED) is 0.814. The molecule has 0 bridgehead atoms. The van der Waals surface area contributed by atoms with Crippen molar-refractivity contribution in [1.82, 2.24) is 30.0 Å². The predicted molar refractivity (Wildman–Crippen MR) is 72.5 cm³/mol. The highest BCUT2D eigenvalue weighted by Crippen LogP contribution is 2.13. The van der Waals surface area contributed by atoms with Gasteiger partial charge >= 0.3 is 0 Å². The molecule has 0 aromatic carbocycles. The van der Waals surface area contributed by atoms with Crippen molar-refractivity contribution in [3.05, 3.63) is 36.4 Å². The zero-order valence-electron chi connectivity index (χ0n) is 11.5. The molecule has 0 saturated heterocycles. The van der Waals surface area contributed by atoms with Crippen LogP contribution in [0.5, 0.6) is 0 Å². The number of hydrogen-bond acceptors (Lipinski definition) is 5. The molecule has 1 unspecified atom stereocenters. The molecule has 1 atom stereocenters. The second-order valence-corrected chi connectivity index (χ2v) is 4.31. The van der Waals surface area contributed by atoms with Gasteiger partial charge in [-0.15, -0.1) is 0 Å². The largest absolute Gasteiger partial charge is 0.307 e. The topological polar surface area (TPSA) is 68.5 Å². The van der Waals surface area contributed by atoms with Crippen LogP contribution in [0.25, 0.3) is 0 Å². The summed E-state index contributed by atoms with van der Waals surface area (Å²) in [6, 6.07) is 1.91. The van der Waals surface area contributed by atoms with Crippen LogP contribution in [0.1, 0.15) is 38.0 Å². The first kappa shape index (κ1) is 13.6. The van der Waals surface area contributed by atoms with Gasteiger partial charge in [-0.2, -0.15) is 5.10 Å². The van der Waals surface area contributed by atoms with Crippen LogP contribution in [0.4, 0.5) is 0 Å². The van der Waals surface area contributed by atoms with E-state index in [2.05, 4.69) is 39.2 Å². The van der Waals surface area contributed by atoms with Crippen LogP contribution in [0.3, 0.4) is 0 Å². The first-order valence-corrected chi connectivity index (χ1v) is 6.72. The van der Waals surface area contributed by atoms with E-state index in [-0.39, 0.29) is 6.04 Å². The van der Waals surface area contributed by atoms with Crippen LogP contribution in [0.2, 0.25) is 0 Å². The highest BCUT2D eigenvalue weighted by molar-refractivity contribution is 5.01. The Kier molecular flexibility index (Phi) is 4.97. The molecule has 2 aromatic rings. The van der Waals surface area contributed by atoms with Crippen molar-refractivity contribution in [2.45, 2.75) is 39.3 Å². The van der Waals surface area contributed by atoms with Gasteiger partial charge in [0, 0.05) is 25.4 Å². The lowest BCUT2D eigenvalue weighted by Crippen LogP contribution is -2.27. The summed E-state index contributed by atoms with van der Waals surface area (Å²) in [7, 11) is 0. The zero-order valence-corrected chi connectivity index (χ0v) is 11.5. The summed E-state index contributed by atoms with van der Waals surface area (Å²) < 4.78 is 1.91. The SMILES string of the molecule is CCCNC(Cc1ncnn1CC)c1ncccn1. The Morgan fingerprint density at radius 1 is 1.21 bits per heavy atom. The Morgan fingerprint density at radius 2 is 2.00 bits per heavy atom. The highest BCUT2D eigenvalue weighted by atomic mass is 15.3. The summed E-state index contributed by atoms with van der Waals surface area (Å²) in [5.74, 6) is 1.77. The number of aryl methyl sites for hydroxylation is 1. The molecule has 6 nitrogen and oxygen atoms in total. The van der Waals surface area contributed by atoms with Crippen molar-refractivity contribution in [3.8, 4) is 0 Å². The molecular formula is C13H20N6. The third-order valence-corrected chi connectivity index (χ3v) is 2.92. The van der Waals surface area contributed by atoms with Crippen molar-refractivity contribution in [1.29, 1.82) is 0 Å². The number of hydrogen-bond donors (Lipinski definition) is 1. The van der Waals surface area contributed by atoms with Gasteiger partial charge in [-0.1, -0.05) is 6.92 Å². The minimum absolute atomic E-state index is 0.0793. The number of rotatable bonds is 7. The Morgan fingerprint density at radius 3 is 2.68 bits per heavy atom. The van der Waals surface area contributed by atoms with Crippen molar-refractivity contribution in [3.63, 3.8) is 0 Å². The van der Waals surface area contributed by atoms with Crippen LogP contribution in [-0.4, -0.2) is 31.3 Å². The van der Waals surface area contributed by atoms with Gasteiger partial charge in [0.1, 0.15) is 18.0 Å². The Bertz CT molecular complexity index is 481. The van der Waals surface area contributed by atoms with Gasteiger partial charge in [0.2, 0.25) is 0 Å². The minimum atomic E-state index is 0.0793. The summed E-state index contributed by atoms with van der Waals surface area (Å²) in [6.45, 7) is 5.96. The maximum absolute atomic E-state index is 4.34. The molecule has 19 heavy (non-hydrogen) atoms. The fourth-order valence-electron chi connectivity index (χ4n) is 1.96. The Labute approximate surface area is 113 Å². The van der Waals surface area contributed by atoms with Crippen LogP contribution in [0, 0.1) is 0 Å². The van der Waals surface area contributed by atoms with E-state index in [1.807, 2.05) is 10.7 Å². The maximum Gasteiger partial charge on any atom is 0.145 e. The molecule has 1 N–H and O–H groups in total. The lowest BCUT2D eigenvalue weighted by Gasteiger charge is -2.16.